The smallest absolute Gasteiger partial charge is 0.231 e. The van der Waals surface area contributed by atoms with Gasteiger partial charge in [-0.1, -0.05) is 26.0 Å². The zero-order valence-electron chi connectivity index (χ0n) is 8.49. The molecule has 1 heterocycles. The summed E-state index contributed by atoms with van der Waals surface area (Å²) in [7, 11) is 0. The SMILES string of the molecule is CC(C)C(N)c1cccc2c1OCO2. The first-order valence-electron chi connectivity index (χ1n) is 4.84. The third kappa shape index (κ3) is 1.44. The first-order valence-corrected chi connectivity index (χ1v) is 4.84. The molecule has 0 saturated carbocycles. The molecule has 0 fully saturated rings. The van der Waals surface area contributed by atoms with E-state index in [2.05, 4.69) is 13.8 Å². The molecule has 1 unspecified atom stereocenters. The second kappa shape index (κ2) is 3.50. The van der Waals surface area contributed by atoms with Crippen LogP contribution >= 0.6 is 0 Å². The number of nitrogens with two attached hydrogens (primary N) is 1. The Morgan fingerprint density at radius 1 is 1.29 bits per heavy atom. The minimum atomic E-state index is 0.00616. The minimum absolute atomic E-state index is 0.00616. The maximum absolute atomic E-state index is 6.08. The van der Waals surface area contributed by atoms with Gasteiger partial charge in [-0.25, -0.2) is 0 Å². The van der Waals surface area contributed by atoms with E-state index in [1.165, 1.54) is 0 Å². The first kappa shape index (κ1) is 9.34. The summed E-state index contributed by atoms with van der Waals surface area (Å²) in [5.74, 6) is 2.01. The molecule has 2 rings (SSSR count). The Morgan fingerprint density at radius 2 is 2.07 bits per heavy atom. The molecule has 3 nitrogen and oxygen atoms in total. The average molecular weight is 193 g/mol. The molecule has 0 bridgehead atoms. The Hall–Kier alpha value is -1.22. The van der Waals surface area contributed by atoms with Crippen LogP contribution in [0.15, 0.2) is 18.2 Å². The van der Waals surface area contributed by atoms with Gasteiger partial charge in [0.2, 0.25) is 6.79 Å². The Kier molecular flexibility index (Phi) is 2.33. The standard InChI is InChI=1S/C11H15NO2/c1-7(2)10(12)8-4-3-5-9-11(8)14-6-13-9/h3-5,7,10H,6,12H2,1-2H3. The van der Waals surface area contributed by atoms with Crippen molar-refractivity contribution in [2.24, 2.45) is 11.7 Å². The maximum Gasteiger partial charge on any atom is 0.231 e. The molecular weight excluding hydrogens is 178 g/mol. The molecule has 1 aliphatic heterocycles. The summed E-state index contributed by atoms with van der Waals surface area (Å²) in [6.45, 7) is 4.50. The van der Waals surface area contributed by atoms with Crippen molar-refractivity contribution in [2.75, 3.05) is 6.79 Å². The van der Waals surface area contributed by atoms with Crippen molar-refractivity contribution in [1.82, 2.24) is 0 Å². The molecule has 0 saturated heterocycles. The summed E-state index contributed by atoms with van der Waals surface area (Å²) in [6, 6.07) is 5.86. The van der Waals surface area contributed by atoms with Crippen LogP contribution < -0.4 is 15.2 Å². The number of benzene rings is 1. The molecular formula is C11H15NO2. The fourth-order valence-electron chi connectivity index (χ4n) is 1.57. The Balaban J connectivity index is 2.39. The molecule has 3 heteroatoms. The Bertz CT molecular complexity index is 336. The lowest BCUT2D eigenvalue weighted by Crippen LogP contribution is -2.17. The zero-order valence-corrected chi connectivity index (χ0v) is 8.49. The van der Waals surface area contributed by atoms with Gasteiger partial charge in [-0.05, 0) is 12.0 Å². The predicted molar refractivity (Wildman–Crippen MR) is 54.3 cm³/mol. The topological polar surface area (TPSA) is 44.5 Å². The van der Waals surface area contributed by atoms with Crippen LogP contribution in [0, 0.1) is 5.92 Å². The van der Waals surface area contributed by atoms with Crippen molar-refractivity contribution in [3.8, 4) is 11.5 Å². The number of hydrogen-bond donors (Lipinski definition) is 1. The van der Waals surface area contributed by atoms with Gasteiger partial charge in [-0.15, -0.1) is 0 Å². The van der Waals surface area contributed by atoms with Gasteiger partial charge in [0.1, 0.15) is 0 Å². The Labute approximate surface area is 83.8 Å². The Morgan fingerprint density at radius 3 is 2.79 bits per heavy atom. The van der Waals surface area contributed by atoms with E-state index in [0.29, 0.717) is 12.7 Å². The van der Waals surface area contributed by atoms with E-state index in [1.54, 1.807) is 0 Å². The highest BCUT2D eigenvalue weighted by atomic mass is 16.7. The third-order valence-corrected chi connectivity index (χ3v) is 2.50. The van der Waals surface area contributed by atoms with Gasteiger partial charge in [0.25, 0.3) is 0 Å². The van der Waals surface area contributed by atoms with E-state index in [9.17, 15) is 0 Å². The van der Waals surface area contributed by atoms with Crippen LogP contribution in [0.3, 0.4) is 0 Å². The molecule has 0 amide bonds. The van der Waals surface area contributed by atoms with Crippen LogP contribution in [0.4, 0.5) is 0 Å². The molecule has 2 N–H and O–H groups in total. The van der Waals surface area contributed by atoms with Crippen molar-refractivity contribution in [3.63, 3.8) is 0 Å². The minimum Gasteiger partial charge on any atom is -0.454 e. The molecule has 1 aromatic rings. The number of hydrogen-bond acceptors (Lipinski definition) is 3. The predicted octanol–water partition coefficient (Wildman–Crippen LogP) is 2.07. The summed E-state index contributed by atoms with van der Waals surface area (Å²) < 4.78 is 10.7. The van der Waals surface area contributed by atoms with Crippen LogP contribution in [-0.4, -0.2) is 6.79 Å². The summed E-state index contributed by atoms with van der Waals surface area (Å²) in [6.07, 6.45) is 0. The van der Waals surface area contributed by atoms with E-state index < -0.39 is 0 Å². The summed E-state index contributed by atoms with van der Waals surface area (Å²) >= 11 is 0. The first-order chi connectivity index (χ1) is 6.70. The normalized spacial score (nSPS) is 16.0. The molecule has 1 aliphatic rings. The average Bonchev–Trinajstić information content (AvgIpc) is 2.63. The zero-order chi connectivity index (χ0) is 10.1. The molecule has 1 atom stereocenters. The molecule has 0 radical (unpaired) electrons. The molecule has 0 aromatic heterocycles. The number of ether oxygens (including phenoxy) is 2. The number of fused-ring (bicyclic) bond motifs is 1. The van der Waals surface area contributed by atoms with Crippen molar-refractivity contribution < 1.29 is 9.47 Å². The molecule has 0 aliphatic carbocycles. The fraction of sp³-hybridized carbons (Fsp3) is 0.455. The lowest BCUT2D eigenvalue weighted by molar-refractivity contribution is 0.172. The van der Waals surface area contributed by atoms with E-state index in [1.807, 2.05) is 18.2 Å². The van der Waals surface area contributed by atoms with E-state index in [-0.39, 0.29) is 6.04 Å². The van der Waals surface area contributed by atoms with Crippen LogP contribution in [-0.2, 0) is 0 Å². The van der Waals surface area contributed by atoms with Crippen molar-refractivity contribution in [1.29, 1.82) is 0 Å². The largest absolute Gasteiger partial charge is 0.454 e. The van der Waals surface area contributed by atoms with Gasteiger partial charge in [-0.3, -0.25) is 0 Å². The quantitative estimate of drug-likeness (QED) is 0.782. The molecule has 1 aromatic carbocycles. The van der Waals surface area contributed by atoms with Gasteiger partial charge >= 0.3 is 0 Å². The lowest BCUT2D eigenvalue weighted by Gasteiger charge is -2.17. The summed E-state index contributed by atoms with van der Waals surface area (Å²) in [5, 5.41) is 0. The highest BCUT2D eigenvalue weighted by Gasteiger charge is 2.22. The monoisotopic (exact) mass is 193 g/mol. The number of para-hydroxylation sites is 1. The van der Waals surface area contributed by atoms with Crippen molar-refractivity contribution in [3.05, 3.63) is 23.8 Å². The van der Waals surface area contributed by atoms with Gasteiger partial charge in [0.05, 0.1) is 0 Å². The summed E-state index contributed by atoms with van der Waals surface area (Å²) in [4.78, 5) is 0. The van der Waals surface area contributed by atoms with Crippen LogP contribution in [0.25, 0.3) is 0 Å². The molecule has 14 heavy (non-hydrogen) atoms. The highest BCUT2D eigenvalue weighted by Crippen LogP contribution is 2.39. The maximum atomic E-state index is 6.08. The van der Waals surface area contributed by atoms with E-state index >= 15 is 0 Å². The molecule has 76 valence electrons. The molecule has 0 spiro atoms. The highest BCUT2D eigenvalue weighted by molar-refractivity contribution is 5.49. The summed E-state index contributed by atoms with van der Waals surface area (Å²) in [5.41, 5.74) is 7.11. The third-order valence-electron chi connectivity index (χ3n) is 2.50. The van der Waals surface area contributed by atoms with E-state index in [4.69, 9.17) is 15.2 Å². The van der Waals surface area contributed by atoms with Crippen LogP contribution in [0.5, 0.6) is 11.5 Å². The van der Waals surface area contributed by atoms with Gasteiger partial charge in [0, 0.05) is 11.6 Å². The fourth-order valence-corrected chi connectivity index (χ4v) is 1.57. The number of rotatable bonds is 2. The van der Waals surface area contributed by atoms with Crippen LogP contribution in [0.2, 0.25) is 0 Å². The van der Waals surface area contributed by atoms with Crippen molar-refractivity contribution in [2.45, 2.75) is 19.9 Å². The van der Waals surface area contributed by atoms with Gasteiger partial charge in [-0.2, -0.15) is 0 Å². The van der Waals surface area contributed by atoms with Gasteiger partial charge in [0.15, 0.2) is 11.5 Å². The van der Waals surface area contributed by atoms with Crippen molar-refractivity contribution >= 4 is 0 Å². The second-order valence-electron chi connectivity index (χ2n) is 3.85. The lowest BCUT2D eigenvalue weighted by atomic mass is 9.96. The van der Waals surface area contributed by atoms with Gasteiger partial charge < -0.3 is 15.2 Å². The van der Waals surface area contributed by atoms with Crippen LogP contribution in [0.1, 0.15) is 25.5 Å². The second-order valence-corrected chi connectivity index (χ2v) is 3.85. The van der Waals surface area contributed by atoms with E-state index in [0.717, 1.165) is 17.1 Å².